The normalized spacial score (nSPS) is 17.9. The summed E-state index contributed by atoms with van der Waals surface area (Å²) < 4.78 is 5.06. The first kappa shape index (κ1) is 16.5. The van der Waals surface area contributed by atoms with Gasteiger partial charge in [-0.1, -0.05) is 0 Å². The van der Waals surface area contributed by atoms with Crippen molar-refractivity contribution >= 4 is 11.8 Å². The molecular formula is C16H22N2O4. The van der Waals surface area contributed by atoms with Crippen molar-refractivity contribution in [2.45, 2.75) is 12.5 Å². The summed E-state index contributed by atoms with van der Waals surface area (Å²) in [5.74, 6) is -0.425. The van der Waals surface area contributed by atoms with Crippen LogP contribution in [0.2, 0.25) is 0 Å². The Hall–Kier alpha value is -1.92. The maximum absolute atomic E-state index is 12.3. The summed E-state index contributed by atoms with van der Waals surface area (Å²) in [5, 5.41) is 9.44. The van der Waals surface area contributed by atoms with Crippen molar-refractivity contribution in [1.29, 1.82) is 0 Å². The maximum atomic E-state index is 12.3. The Morgan fingerprint density at radius 3 is 2.27 bits per heavy atom. The maximum Gasteiger partial charge on any atom is 0.321 e. The third kappa shape index (κ3) is 4.05. The lowest BCUT2D eigenvalue weighted by Gasteiger charge is -2.35. The second-order valence-electron chi connectivity index (χ2n) is 5.55. The van der Waals surface area contributed by atoms with E-state index in [4.69, 9.17) is 4.74 Å². The first-order chi connectivity index (χ1) is 10.5. The van der Waals surface area contributed by atoms with Gasteiger partial charge in [-0.3, -0.25) is 14.5 Å². The molecule has 1 unspecified atom stereocenters. The molecule has 120 valence electrons. The standard InChI is InChI=1S/C16H22N2O4/c1-17-7-9-18(10-8-17)14(16(20)21)11-15(19)12-3-5-13(22-2)6-4-12/h3-6,14H,7-11H2,1-2H3,(H,20,21). The topological polar surface area (TPSA) is 70.1 Å². The number of carbonyl (C=O) groups is 2. The van der Waals surface area contributed by atoms with Crippen molar-refractivity contribution in [2.75, 3.05) is 40.3 Å². The zero-order valence-electron chi connectivity index (χ0n) is 13.0. The molecule has 0 amide bonds. The van der Waals surface area contributed by atoms with Gasteiger partial charge in [-0.15, -0.1) is 0 Å². The van der Waals surface area contributed by atoms with Crippen LogP contribution in [0.25, 0.3) is 0 Å². The van der Waals surface area contributed by atoms with Crippen molar-refractivity contribution in [3.63, 3.8) is 0 Å². The molecule has 2 rings (SSSR count). The van der Waals surface area contributed by atoms with E-state index in [1.54, 1.807) is 31.4 Å². The number of aliphatic carboxylic acids is 1. The van der Waals surface area contributed by atoms with Crippen molar-refractivity contribution in [1.82, 2.24) is 9.80 Å². The molecule has 1 fully saturated rings. The van der Waals surface area contributed by atoms with E-state index < -0.39 is 12.0 Å². The molecule has 22 heavy (non-hydrogen) atoms. The van der Waals surface area contributed by atoms with Crippen LogP contribution >= 0.6 is 0 Å². The molecule has 0 saturated carbocycles. The number of rotatable bonds is 6. The van der Waals surface area contributed by atoms with Crippen LogP contribution in [0.5, 0.6) is 5.75 Å². The molecule has 1 atom stereocenters. The van der Waals surface area contributed by atoms with Crippen molar-refractivity contribution in [3.8, 4) is 5.75 Å². The number of hydrogen-bond acceptors (Lipinski definition) is 5. The third-order valence-electron chi connectivity index (χ3n) is 4.05. The van der Waals surface area contributed by atoms with Gasteiger partial charge >= 0.3 is 5.97 Å². The fourth-order valence-corrected chi connectivity index (χ4v) is 2.58. The average molecular weight is 306 g/mol. The number of methoxy groups -OCH3 is 1. The number of carboxylic acid groups (broad SMARTS) is 1. The summed E-state index contributed by atoms with van der Waals surface area (Å²) in [6.45, 7) is 2.98. The number of nitrogens with zero attached hydrogens (tertiary/aromatic N) is 2. The van der Waals surface area contributed by atoms with Crippen molar-refractivity contribution in [2.24, 2.45) is 0 Å². The molecule has 0 aromatic heterocycles. The minimum Gasteiger partial charge on any atom is -0.497 e. The number of ether oxygens (including phenoxy) is 1. The van der Waals surface area contributed by atoms with E-state index in [1.807, 2.05) is 11.9 Å². The van der Waals surface area contributed by atoms with Gasteiger partial charge in [0.1, 0.15) is 11.8 Å². The molecule has 1 aromatic rings. The van der Waals surface area contributed by atoms with Crippen LogP contribution < -0.4 is 4.74 Å². The second kappa shape index (κ2) is 7.38. The molecule has 1 aliphatic heterocycles. The van der Waals surface area contributed by atoms with Gasteiger partial charge in [-0.2, -0.15) is 0 Å². The lowest BCUT2D eigenvalue weighted by atomic mass is 10.0. The Kier molecular flexibility index (Phi) is 5.51. The highest BCUT2D eigenvalue weighted by Gasteiger charge is 2.30. The molecule has 6 heteroatoms. The van der Waals surface area contributed by atoms with Gasteiger partial charge in [0, 0.05) is 38.2 Å². The molecular weight excluding hydrogens is 284 g/mol. The van der Waals surface area contributed by atoms with E-state index in [2.05, 4.69) is 4.90 Å². The summed E-state index contributed by atoms with van der Waals surface area (Å²) in [6.07, 6.45) is -0.00856. The van der Waals surface area contributed by atoms with Crippen LogP contribution in [-0.4, -0.2) is 73.0 Å². The predicted molar refractivity (Wildman–Crippen MR) is 82.4 cm³/mol. The van der Waals surface area contributed by atoms with Crippen LogP contribution in [0.1, 0.15) is 16.8 Å². The Bertz CT molecular complexity index is 521. The van der Waals surface area contributed by atoms with Gasteiger partial charge < -0.3 is 14.7 Å². The number of ketones is 1. The molecule has 1 N–H and O–H groups in total. The SMILES string of the molecule is COc1ccc(C(=O)CC(C(=O)O)N2CCN(C)CC2)cc1. The fourth-order valence-electron chi connectivity index (χ4n) is 2.58. The molecule has 0 radical (unpaired) electrons. The van der Waals surface area contributed by atoms with Crippen molar-refractivity contribution < 1.29 is 19.4 Å². The van der Waals surface area contributed by atoms with Gasteiger partial charge in [0.2, 0.25) is 0 Å². The highest BCUT2D eigenvalue weighted by atomic mass is 16.5. The first-order valence-electron chi connectivity index (χ1n) is 7.34. The number of hydrogen-bond donors (Lipinski definition) is 1. The van der Waals surface area contributed by atoms with E-state index in [0.717, 1.165) is 13.1 Å². The van der Waals surface area contributed by atoms with Gasteiger partial charge in [0.25, 0.3) is 0 Å². The van der Waals surface area contributed by atoms with Gasteiger partial charge in [0.15, 0.2) is 5.78 Å². The molecule has 1 aliphatic rings. The number of carbonyl (C=O) groups excluding carboxylic acids is 1. The Balaban J connectivity index is 2.03. The number of piperazine rings is 1. The lowest BCUT2D eigenvalue weighted by Crippen LogP contribution is -2.52. The van der Waals surface area contributed by atoms with E-state index >= 15 is 0 Å². The van der Waals surface area contributed by atoms with E-state index in [-0.39, 0.29) is 12.2 Å². The summed E-state index contributed by atoms with van der Waals surface area (Å²) in [4.78, 5) is 27.9. The number of carboxylic acids is 1. The largest absolute Gasteiger partial charge is 0.497 e. The lowest BCUT2D eigenvalue weighted by molar-refractivity contribution is -0.143. The summed E-state index contributed by atoms with van der Waals surface area (Å²) in [5.41, 5.74) is 0.515. The Labute approximate surface area is 130 Å². The Morgan fingerprint density at radius 2 is 1.77 bits per heavy atom. The van der Waals surface area contributed by atoms with Crippen LogP contribution in [0.15, 0.2) is 24.3 Å². The van der Waals surface area contributed by atoms with Gasteiger partial charge in [-0.05, 0) is 31.3 Å². The van der Waals surface area contributed by atoms with Crippen LogP contribution in [-0.2, 0) is 4.79 Å². The fraction of sp³-hybridized carbons (Fsp3) is 0.500. The summed E-state index contributed by atoms with van der Waals surface area (Å²) >= 11 is 0. The molecule has 0 bridgehead atoms. The quantitative estimate of drug-likeness (QED) is 0.790. The van der Waals surface area contributed by atoms with Crippen LogP contribution in [0, 0.1) is 0 Å². The van der Waals surface area contributed by atoms with E-state index in [1.165, 1.54) is 0 Å². The Morgan fingerprint density at radius 1 is 1.18 bits per heavy atom. The van der Waals surface area contributed by atoms with E-state index in [9.17, 15) is 14.7 Å². The molecule has 1 heterocycles. The number of likely N-dealkylation sites (N-methyl/N-ethyl adjacent to an activating group) is 1. The highest BCUT2D eigenvalue weighted by molar-refractivity contribution is 5.98. The minimum absolute atomic E-state index is 0.00856. The molecule has 0 aliphatic carbocycles. The molecule has 0 spiro atoms. The number of Topliss-reactive ketones (excluding diaryl/α,β-unsaturated/α-hetero) is 1. The molecule has 1 saturated heterocycles. The van der Waals surface area contributed by atoms with Crippen molar-refractivity contribution in [3.05, 3.63) is 29.8 Å². The first-order valence-corrected chi connectivity index (χ1v) is 7.34. The summed E-state index contributed by atoms with van der Waals surface area (Å²) in [6, 6.07) is 5.99. The minimum atomic E-state index is -0.939. The molecule has 1 aromatic carbocycles. The van der Waals surface area contributed by atoms with Gasteiger partial charge in [-0.25, -0.2) is 0 Å². The monoisotopic (exact) mass is 306 g/mol. The third-order valence-corrected chi connectivity index (χ3v) is 4.05. The zero-order valence-corrected chi connectivity index (χ0v) is 13.0. The average Bonchev–Trinajstić information content (AvgIpc) is 2.53. The predicted octanol–water partition coefficient (Wildman–Crippen LogP) is 0.969. The van der Waals surface area contributed by atoms with Crippen LogP contribution in [0.3, 0.4) is 0 Å². The summed E-state index contributed by atoms with van der Waals surface area (Å²) in [7, 11) is 3.57. The second-order valence-corrected chi connectivity index (χ2v) is 5.55. The smallest absolute Gasteiger partial charge is 0.321 e. The van der Waals surface area contributed by atoms with E-state index in [0.29, 0.717) is 24.4 Å². The van der Waals surface area contributed by atoms with Gasteiger partial charge in [0.05, 0.1) is 7.11 Å². The zero-order chi connectivity index (χ0) is 16.1. The number of benzene rings is 1. The highest BCUT2D eigenvalue weighted by Crippen LogP contribution is 2.16. The molecule has 6 nitrogen and oxygen atoms in total. The van der Waals surface area contributed by atoms with Crippen LogP contribution in [0.4, 0.5) is 0 Å².